The summed E-state index contributed by atoms with van der Waals surface area (Å²) in [5, 5.41) is 5.05. The Labute approximate surface area is 160 Å². The van der Waals surface area contributed by atoms with E-state index in [4.69, 9.17) is 16.0 Å². The van der Waals surface area contributed by atoms with Crippen LogP contribution in [-0.2, 0) is 6.42 Å². The molecule has 2 aromatic heterocycles. The van der Waals surface area contributed by atoms with E-state index < -0.39 is 17.8 Å². The molecule has 0 saturated carbocycles. The van der Waals surface area contributed by atoms with Crippen molar-refractivity contribution in [2.24, 2.45) is 11.5 Å². The number of halogens is 1. The van der Waals surface area contributed by atoms with Gasteiger partial charge in [-0.1, -0.05) is 41.6 Å². The zero-order chi connectivity index (χ0) is 19.7. The first-order valence-electron chi connectivity index (χ1n) is 8.69. The maximum absolute atomic E-state index is 14.2. The van der Waals surface area contributed by atoms with Gasteiger partial charge in [-0.05, 0) is 29.8 Å². The predicted octanol–water partition coefficient (Wildman–Crippen LogP) is 3.37. The summed E-state index contributed by atoms with van der Waals surface area (Å²) in [6.45, 7) is 0. The summed E-state index contributed by atoms with van der Waals surface area (Å²) in [6, 6.07) is 16.9. The molecule has 0 aliphatic rings. The zero-order valence-electron chi connectivity index (χ0n) is 14.8. The molecule has 0 aliphatic heterocycles. The number of nitrogens with zero attached hydrogens (tertiary/aromatic N) is 2. The van der Waals surface area contributed by atoms with Gasteiger partial charge in [0, 0.05) is 23.4 Å². The maximum Gasteiger partial charge on any atom is 0.267 e. The monoisotopic (exact) mass is 376 g/mol. The van der Waals surface area contributed by atoms with Crippen LogP contribution < -0.4 is 11.5 Å². The van der Waals surface area contributed by atoms with Crippen molar-refractivity contribution in [3.8, 4) is 11.3 Å². The molecular formula is C21H17FN4O2. The van der Waals surface area contributed by atoms with Crippen LogP contribution in [0.25, 0.3) is 22.2 Å². The average Bonchev–Trinajstić information content (AvgIpc) is 3.13. The number of nitrogens with two attached hydrogens (primary N) is 2. The molecule has 4 N–H and O–H groups in total. The molecule has 1 atom stereocenters. The number of pyridine rings is 1. The van der Waals surface area contributed by atoms with Gasteiger partial charge in [0.2, 0.25) is 0 Å². The number of rotatable bonds is 5. The number of aromatic nitrogens is 2. The van der Waals surface area contributed by atoms with E-state index in [0.29, 0.717) is 11.3 Å². The number of hydrogen-bond donors (Lipinski definition) is 2. The third kappa shape index (κ3) is 3.23. The molecule has 0 aliphatic carbocycles. The van der Waals surface area contributed by atoms with Gasteiger partial charge in [0.1, 0.15) is 17.2 Å². The van der Waals surface area contributed by atoms with Crippen molar-refractivity contribution in [1.82, 2.24) is 10.1 Å². The van der Waals surface area contributed by atoms with Crippen molar-refractivity contribution >= 4 is 16.9 Å². The predicted molar refractivity (Wildman–Crippen MR) is 103 cm³/mol. The minimum Gasteiger partial charge on any atom is -0.364 e. The highest BCUT2D eigenvalue weighted by atomic mass is 19.1. The Hall–Kier alpha value is -3.58. The highest BCUT2D eigenvalue weighted by Gasteiger charge is 2.20. The van der Waals surface area contributed by atoms with Crippen LogP contribution in [0.1, 0.15) is 27.8 Å². The number of carbonyl (C=O) groups is 1. The summed E-state index contributed by atoms with van der Waals surface area (Å²) in [5.41, 5.74) is 14.6. The topological polar surface area (TPSA) is 108 Å². The first-order chi connectivity index (χ1) is 13.5. The van der Waals surface area contributed by atoms with E-state index in [0.717, 1.165) is 16.5 Å². The van der Waals surface area contributed by atoms with Gasteiger partial charge in [-0.15, -0.1) is 0 Å². The van der Waals surface area contributed by atoms with E-state index in [-0.39, 0.29) is 17.8 Å². The van der Waals surface area contributed by atoms with Crippen molar-refractivity contribution in [3.05, 3.63) is 83.4 Å². The van der Waals surface area contributed by atoms with Crippen LogP contribution in [0, 0.1) is 5.82 Å². The van der Waals surface area contributed by atoms with Crippen LogP contribution in [-0.4, -0.2) is 16.0 Å². The number of benzene rings is 2. The van der Waals surface area contributed by atoms with E-state index in [9.17, 15) is 9.18 Å². The number of para-hydroxylation sites is 1. The van der Waals surface area contributed by atoms with Crippen LogP contribution in [0.5, 0.6) is 0 Å². The van der Waals surface area contributed by atoms with Crippen LogP contribution in [0.3, 0.4) is 0 Å². The van der Waals surface area contributed by atoms with Gasteiger partial charge in [-0.25, -0.2) is 9.37 Å². The number of carbonyl (C=O) groups excluding carboxylic acids is 1. The molecule has 7 heteroatoms. The lowest BCUT2D eigenvalue weighted by Gasteiger charge is -2.16. The molecule has 0 spiro atoms. The Morgan fingerprint density at radius 1 is 1.07 bits per heavy atom. The van der Waals surface area contributed by atoms with E-state index in [2.05, 4.69) is 10.1 Å². The molecule has 0 fully saturated rings. The van der Waals surface area contributed by atoms with Gasteiger partial charge < -0.3 is 16.0 Å². The van der Waals surface area contributed by atoms with Crippen molar-refractivity contribution in [1.29, 1.82) is 0 Å². The lowest BCUT2D eigenvalue weighted by atomic mass is 9.94. The van der Waals surface area contributed by atoms with Crippen molar-refractivity contribution in [2.45, 2.75) is 12.5 Å². The van der Waals surface area contributed by atoms with Crippen LogP contribution >= 0.6 is 0 Å². The molecule has 0 bridgehead atoms. The van der Waals surface area contributed by atoms with Gasteiger partial charge in [-0.2, -0.15) is 0 Å². The van der Waals surface area contributed by atoms with Crippen LogP contribution in [0.15, 0.2) is 65.2 Å². The molecule has 4 aromatic rings. The van der Waals surface area contributed by atoms with E-state index in [1.807, 2.05) is 48.5 Å². The summed E-state index contributed by atoms with van der Waals surface area (Å²) in [4.78, 5) is 15.4. The first kappa shape index (κ1) is 17.8. The molecule has 28 heavy (non-hydrogen) atoms. The van der Waals surface area contributed by atoms with Crippen LogP contribution in [0.2, 0.25) is 0 Å². The number of hydrogen-bond acceptors (Lipinski definition) is 5. The largest absolute Gasteiger partial charge is 0.364 e. The summed E-state index contributed by atoms with van der Waals surface area (Å²) in [5.74, 6) is -1.26. The van der Waals surface area contributed by atoms with Crippen molar-refractivity contribution < 1.29 is 13.7 Å². The Kier molecular flexibility index (Phi) is 4.58. The van der Waals surface area contributed by atoms with Gasteiger partial charge in [0.25, 0.3) is 5.91 Å². The SMILES string of the molecule is NC(=O)c1ccc(F)c(CC(N)c2ccccc2-c2noc3ccccc23)n1. The lowest BCUT2D eigenvalue weighted by molar-refractivity contribution is 0.0995. The molecule has 2 heterocycles. The Balaban J connectivity index is 1.73. The summed E-state index contributed by atoms with van der Waals surface area (Å²) in [6.07, 6.45) is 0.0970. The fraction of sp³-hybridized carbons (Fsp3) is 0.0952. The maximum atomic E-state index is 14.2. The lowest BCUT2D eigenvalue weighted by Crippen LogP contribution is -2.19. The highest BCUT2D eigenvalue weighted by Crippen LogP contribution is 2.33. The fourth-order valence-corrected chi connectivity index (χ4v) is 3.20. The quantitative estimate of drug-likeness (QED) is 0.555. The number of primary amides is 1. The Morgan fingerprint density at radius 2 is 1.82 bits per heavy atom. The first-order valence-corrected chi connectivity index (χ1v) is 8.69. The molecular weight excluding hydrogens is 359 g/mol. The summed E-state index contributed by atoms with van der Waals surface area (Å²) in [7, 11) is 0. The summed E-state index contributed by atoms with van der Waals surface area (Å²) < 4.78 is 19.6. The molecule has 140 valence electrons. The van der Waals surface area contributed by atoms with Crippen molar-refractivity contribution in [3.63, 3.8) is 0 Å². The van der Waals surface area contributed by atoms with E-state index in [1.165, 1.54) is 12.1 Å². The molecule has 1 amide bonds. The number of amides is 1. The normalized spacial score (nSPS) is 12.2. The highest BCUT2D eigenvalue weighted by molar-refractivity contribution is 5.92. The van der Waals surface area contributed by atoms with Crippen molar-refractivity contribution in [2.75, 3.05) is 0 Å². The molecule has 0 saturated heterocycles. The van der Waals surface area contributed by atoms with Gasteiger partial charge in [0.05, 0.1) is 5.69 Å². The molecule has 6 nitrogen and oxygen atoms in total. The second kappa shape index (κ2) is 7.21. The zero-order valence-corrected chi connectivity index (χ0v) is 14.8. The minimum absolute atomic E-state index is 0.000574. The molecule has 4 rings (SSSR count). The molecule has 0 radical (unpaired) electrons. The second-order valence-corrected chi connectivity index (χ2v) is 6.41. The van der Waals surface area contributed by atoms with E-state index in [1.54, 1.807) is 0 Å². The van der Waals surface area contributed by atoms with Gasteiger partial charge in [-0.3, -0.25) is 4.79 Å². The summed E-state index contributed by atoms with van der Waals surface area (Å²) >= 11 is 0. The standard InChI is InChI=1S/C21H17FN4O2/c22-15-9-10-17(21(24)27)25-18(15)11-16(23)12-5-1-2-6-13(12)20-14-7-3-4-8-19(14)28-26-20/h1-10,16H,11,23H2,(H2,24,27). The fourth-order valence-electron chi connectivity index (χ4n) is 3.20. The van der Waals surface area contributed by atoms with Gasteiger partial charge in [0.15, 0.2) is 5.58 Å². The molecule has 1 unspecified atom stereocenters. The Morgan fingerprint density at radius 3 is 2.64 bits per heavy atom. The number of fused-ring (bicyclic) bond motifs is 1. The van der Waals surface area contributed by atoms with E-state index >= 15 is 0 Å². The van der Waals surface area contributed by atoms with Gasteiger partial charge >= 0.3 is 0 Å². The average molecular weight is 376 g/mol. The minimum atomic E-state index is -0.718. The smallest absolute Gasteiger partial charge is 0.267 e. The Bertz CT molecular complexity index is 1170. The van der Waals surface area contributed by atoms with Crippen LogP contribution in [0.4, 0.5) is 4.39 Å². The second-order valence-electron chi connectivity index (χ2n) is 6.41. The third-order valence-electron chi connectivity index (χ3n) is 4.58. The molecule has 2 aromatic carbocycles. The third-order valence-corrected chi connectivity index (χ3v) is 4.58.